The molecule has 1 rings (SSSR count). The minimum atomic E-state index is -0.786. The van der Waals surface area contributed by atoms with Crippen LogP contribution in [0.4, 0.5) is 0 Å². The van der Waals surface area contributed by atoms with Gasteiger partial charge in [-0.3, -0.25) is 4.79 Å². The summed E-state index contributed by atoms with van der Waals surface area (Å²) in [6.07, 6.45) is 0.872. The van der Waals surface area contributed by atoms with Gasteiger partial charge in [0, 0.05) is 16.8 Å². The van der Waals surface area contributed by atoms with E-state index in [0.717, 1.165) is 11.3 Å². The normalized spacial score (nSPS) is 15.0. The van der Waals surface area contributed by atoms with Crippen LogP contribution in [0.1, 0.15) is 24.6 Å². The molecule has 0 aliphatic rings. The number of carboxylic acid groups (broad SMARTS) is 1. The zero-order valence-electron chi connectivity index (χ0n) is 8.19. The summed E-state index contributed by atoms with van der Waals surface area (Å²) in [5.41, 5.74) is 5.33. The average Bonchev–Trinajstić information content (AvgIpc) is 2.67. The smallest absolute Gasteiger partial charge is 0.304 e. The fourth-order valence-electron chi connectivity index (χ4n) is 1.57. The Bertz CT molecular complexity index is 291. The Labute approximate surface area is 87.6 Å². The molecule has 0 amide bonds. The number of carboxylic acids is 1. The first kappa shape index (κ1) is 11.2. The van der Waals surface area contributed by atoms with Crippen molar-refractivity contribution in [2.75, 3.05) is 6.54 Å². The monoisotopic (exact) mass is 213 g/mol. The van der Waals surface area contributed by atoms with Gasteiger partial charge in [-0.15, -0.1) is 11.3 Å². The predicted octanol–water partition coefficient (Wildman–Crippen LogP) is 1.83. The zero-order chi connectivity index (χ0) is 10.6. The maximum atomic E-state index is 10.8. The highest BCUT2D eigenvalue weighted by atomic mass is 32.1. The van der Waals surface area contributed by atoms with Crippen LogP contribution in [-0.4, -0.2) is 17.6 Å². The van der Waals surface area contributed by atoms with Crippen molar-refractivity contribution in [3.05, 3.63) is 22.4 Å². The van der Waals surface area contributed by atoms with Crippen LogP contribution in [0.25, 0.3) is 0 Å². The van der Waals surface area contributed by atoms with Crippen molar-refractivity contribution in [1.29, 1.82) is 0 Å². The van der Waals surface area contributed by atoms with Crippen LogP contribution in [0.5, 0.6) is 0 Å². The molecule has 0 bridgehead atoms. The molecule has 78 valence electrons. The standard InChI is InChI=1S/C10H15NO2S/c1-2-10(7-11,6-9(12)13)8-4-3-5-14-8/h3-5H,2,6-7,11H2,1H3,(H,12,13). The summed E-state index contributed by atoms with van der Waals surface area (Å²) in [5, 5.41) is 10.8. The molecule has 1 atom stereocenters. The van der Waals surface area contributed by atoms with Gasteiger partial charge in [-0.05, 0) is 17.9 Å². The second-order valence-corrected chi connectivity index (χ2v) is 4.33. The molecule has 0 spiro atoms. The molecule has 0 aliphatic carbocycles. The van der Waals surface area contributed by atoms with E-state index in [0.29, 0.717) is 6.54 Å². The van der Waals surface area contributed by atoms with Gasteiger partial charge in [0.05, 0.1) is 6.42 Å². The molecular weight excluding hydrogens is 198 g/mol. The van der Waals surface area contributed by atoms with E-state index in [4.69, 9.17) is 10.8 Å². The maximum absolute atomic E-state index is 10.8. The fraction of sp³-hybridized carbons (Fsp3) is 0.500. The summed E-state index contributed by atoms with van der Waals surface area (Å²) < 4.78 is 0. The Kier molecular flexibility index (Phi) is 3.66. The molecule has 0 aromatic carbocycles. The highest BCUT2D eigenvalue weighted by molar-refractivity contribution is 7.10. The first-order valence-electron chi connectivity index (χ1n) is 4.60. The summed E-state index contributed by atoms with van der Waals surface area (Å²) in [6.45, 7) is 2.37. The highest BCUT2D eigenvalue weighted by Crippen LogP contribution is 2.33. The molecule has 0 saturated carbocycles. The lowest BCUT2D eigenvalue weighted by Gasteiger charge is -2.28. The van der Waals surface area contributed by atoms with Gasteiger partial charge >= 0.3 is 5.97 Å². The molecule has 1 aromatic rings. The minimum Gasteiger partial charge on any atom is -0.481 e. The summed E-state index contributed by atoms with van der Waals surface area (Å²) in [4.78, 5) is 11.9. The summed E-state index contributed by atoms with van der Waals surface area (Å²) in [7, 11) is 0. The topological polar surface area (TPSA) is 63.3 Å². The van der Waals surface area contributed by atoms with Gasteiger partial charge < -0.3 is 10.8 Å². The molecule has 0 radical (unpaired) electrons. The SMILES string of the molecule is CCC(CN)(CC(=O)O)c1cccs1. The van der Waals surface area contributed by atoms with Crippen molar-refractivity contribution in [1.82, 2.24) is 0 Å². The van der Waals surface area contributed by atoms with E-state index in [9.17, 15) is 4.79 Å². The average molecular weight is 213 g/mol. The molecule has 4 heteroatoms. The first-order valence-corrected chi connectivity index (χ1v) is 5.48. The van der Waals surface area contributed by atoms with E-state index < -0.39 is 5.97 Å². The molecule has 3 N–H and O–H groups in total. The number of carbonyl (C=O) groups is 1. The van der Waals surface area contributed by atoms with E-state index in [1.807, 2.05) is 24.4 Å². The van der Waals surface area contributed by atoms with Gasteiger partial charge in [0.2, 0.25) is 0 Å². The van der Waals surface area contributed by atoms with Crippen LogP contribution in [0, 0.1) is 0 Å². The predicted molar refractivity (Wildman–Crippen MR) is 57.6 cm³/mol. The van der Waals surface area contributed by atoms with Crippen molar-refractivity contribution in [3.63, 3.8) is 0 Å². The van der Waals surface area contributed by atoms with Gasteiger partial charge in [0.15, 0.2) is 0 Å². The van der Waals surface area contributed by atoms with Gasteiger partial charge in [-0.25, -0.2) is 0 Å². The van der Waals surface area contributed by atoms with Crippen LogP contribution in [-0.2, 0) is 10.2 Å². The number of nitrogens with two attached hydrogens (primary N) is 1. The third kappa shape index (κ3) is 2.13. The van der Waals surface area contributed by atoms with E-state index >= 15 is 0 Å². The van der Waals surface area contributed by atoms with E-state index in [2.05, 4.69) is 0 Å². The first-order chi connectivity index (χ1) is 6.64. The number of hydrogen-bond donors (Lipinski definition) is 2. The van der Waals surface area contributed by atoms with Gasteiger partial charge in [0.1, 0.15) is 0 Å². The van der Waals surface area contributed by atoms with Crippen molar-refractivity contribution >= 4 is 17.3 Å². The van der Waals surface area contributed by atoms with Crippen molar-refractivity contribution in [2.24, 2.45) is 5.73 Å². The quantitative estimate of drug-likeness (QED) is 0.784. The summed E-state index contributed by atoms with van der Waals surface area (Å²) in [6, 6.07) is 3.89. The molecule has 0 aliphatic heterocycles. The third-order valence-electron chi connectivity index (χ3n) is 2.60. The Morgan fingerprint density at radius 3 is 2.79 bits per heavy atom. The number of aliphatic carboxylic acids is 1. The lowest BCUT2D eigenvalue weighted by molar-refractivity contribution is -0.138. The summed E-state index contributed by atoms with van der Waals surface area (Å²) >= 11 is 1.58. The maximum Gasteiger partial charge on any atom is 0.304 e. The number of rotatable bonds is 5. The largest absolute Gasteiger partial charge is 0.481 e. The molecule has 1 unspecified atom stereocenters. The minimum absolute atomic E-state index is 0.112. The Morgan fingerprint density at radius 1 is 1.71 bits per heavy atom. The van der Waals surface area contributed by atoms with Crippen LogP contribution < -0.4 is 5.73 Å². The van der Waals surface area contributed by atoms with Crippen LogP contribution >= 0.6 is 11.3 Å². The summed E-state index contributed by atoms with van der Waals surface area (Å²) in [5.74, 6) is -0.786. The fourth-order valence-corrected chi connectivity index (χ4v) is 2.58. The van der Waals surface area contributed by atoms with Gasteiger partial charge in [0.25, 0.3) is 0 Å². The molecule has 3 nitrogen and oxygen atoms in total. The van der Waals surface area contributed by atoms with E-state index in [-0.39, 0.29) is 11.8 Å². The van der Waals surface area contributed by atoms with E-state index in [1.54, 1.807) is 11.3 Å². The van der Waals surface area contributed by atoms with Crippen molar-refractivity contribution in [3.8, 4) is 0 Å². The van der Waals surface area contributed by atoms with Crippen LogP contribution in [0.3, 0.4) is 0 Å². The number of hydrogen-bond acceptors (Lipinski definition) is 3. The second kappa shape index (κ2) is 4.57. The molecule has 14 heavy (non-hydrogen) atoms. The van der Waals surface area contributed by atoms with Gasteiger partial charge in [-0.2, -0.15) is 0 Å². The number of thiophene rings is 1. The molecule has 0 fully saturated rings. The molecule has 1 aromatic heterocycles. The highest BCUT2D eigenvalue weighted by Gasteiger charge is 2.32. The lowest BCUT2D eigenvalue weighted by Crippen LogP contribution is -2.36. The lowest BCUT2D eigenvalue weighted by atomic mass is 9.80. The Balaban J connectivity index is 2.97. The van der Waals surface area contributed by atoms with Crippen molar-refractivity contribution < 1.29 is 9.90 Å². The Hall–Kier alpha value is -0.870. The van der Waals surface area contributed by atoms with Crippen LogP contribution in [0.15, 0.2) is 17.5 Å². The van der Waals surface area contributed by atoms with Gasteiger partial charge in [-0.1, -0.05) is 13.0 Å². The van der Waals surface area contributed by atoms with Crippen LogP contribution in [0.2, 0.25) is 0 Å². The van der Waals surface area contributed by atoms with Crippen molar-refractivity contribution in [2.45, 2.75) is 25.2 Å². The molecule has 0 saturated heterocycles. The second-order valence-electron chi connectivity index (χ2n) is 3.39. The van der Waals surface area contributed by atoms with E-state index in [1.165, 1.54) is 0 Å². The third-order valence-corrected chi connectivity index (χ3v) is 3.72. The molecular formula is C10H15NO2S. The zero-order valence-corrected chi connectivity index (χ0v) is 9.01. The Morgan fingerprint density at radius 2 is 2.43 bits per heavy atom. The molecule has 1 heterocycles.